The lowest BCUT2D eigenvalue weighted by Crippen LogP contribution is -2.38. The lowest BCUT2D eigenvalue weighted by atomic mass is 9.85. The molecule has 2 N–H and O–H groups in total. The quantitative estimate of drug-likeness (QED) is 0.882. The van der Waals surface area contributed by atoms with Crippen LogP contribution in [0.15, 0.2) is 24.3 Å². The number of anilines is 1. The van der Waals surface area contributed by atoms with Crippen LogP contribution < -0.4 is 15.4 Å². The zero-order chi connectivity index (χ0) is 16.7. The summed E-state index contributed by atoms with van der Waals surface area (Å²) in [6.07, 6.45) is 4.29. The van der Waals surface area contributed by atoms with Crippen LogP contribution in [0.2, 0.25) is 0 Å². The van der Waals surface area contributed by atoms with Crippen molar-refractivity contribution in [3.05, 3.63) is 45.8 Å². The highest BCUT2D eigenvalue weighted by Gasteiger charge is 2.34. The van der Waals surface area contributed by atoms with E-state index in [4.69, 9.17) is 4.74 Å². The van der Waals surface area contributed by atoms with Crippen molar-refractivity contribution in [2.75, 3.05) is 12.4 Å². The van der Waals surface area contributed by atoms with Gasteiger partial charge in [0.25, 0.3) is 5.91 Å². The Morgan fingerprint density at radius 3 is 2.92 bits per heavy atom. The average Bonchev–Trinajstić information content (AvgIpc) is 2.99. The summed E-state index contributed by atoms with van der Waals surface area (Å²) in [5.74, 6) is 1.57. The molecule has 1 aliphatic heterocycles. The highest BCUT2D eigenvalue weighted by molar-refractivity contribution is 7.16. The number of carbonyl (C=O) groups excluding carboxylic acids is 1. The Morgan fingerprint density at radius 2 is 2.12 bits per heavy atom. The van der Waals surface area contributed by atoms with Gasteiger partial charge in [0, 0.05) is 10.4 Å². The predicted molar refractivity (Wildman–Crippen MR) is 96.9 cm³/mol. The summed E-state index contributed by atoms with van der Waals surface area (Å²) in [7, 11) is 1.66. The summed E-state index contributed by atoms with van der Waals surface area (Å²) in [6, 6.07) is 7.81. The number of hydrogen-bond donors (Lipinski definition) is 2. The first kappa shape index (κ1) is 15.5. The van der Waals surface area contributed by atoms with E-state index in [0.29, 0.717) is 0 Å². The topological polar surface area (TPSA) is 50.4 Å². The van der Waals surface area contributed by atoms with E-state index in [-0.39, 0.29) is 12.1 Å². The molecule has 2 heterocycles. The molecule has 2 atom stereocenters. The smallest absolute Gasteiger partial charge is 0.256 e. The third-order valence-electron chi connectivity index (χ3n) is 5.17. The van der Waals surface area contributed by atoms with Crippen LogP contribution in [0.5, 0.6) is 5.75 Å². The number of nitrogens with one attached hydrogen (secondary N) is 2. The van der Waals surface area contributed by atoms with Crippen LogP contribution in [-0.2, 0) is 12.8 Å². The van der Waals surface area contributed by atoms with Crippen molar-refractivity contribution in [2.45, 2.75) is 38.8 Å². The monoisotopic (exact) mass is 342 g/mol. The Morgan fingerprint density at radius 1 is 1.29 bits per heavy atom. The lowest BCUT2D eigenvalue weighted by molar-refractivity contribution is 0.0934. The number of ether oxygens (including phenoxy) is 1. The van der Waals surface area contributed by atoms with Gasteiger partial charge < -0.3 is 15.4 Å². The first-order valence-electron chi connectivity index (χ1n) is 8.56. The van der Waals surface area contributed by atoms with Gasteiger partial charge >= 0.3 is 0 Å². The largest absolute Gasteiger partial charge is 0.496 e. The van der Waals surface area contributed by atoms with Gasteiger partial charge in [-0.3, -0.25) is 4.79 Å². The standard InChI is InChI=1S/C19H22N2O2S/c1-3-11-8-9-13-15(10-11)24-19-16(13)18(22)20-17(21-19)12-6-4-5-7-14(12)23-2/h4-7,11,17,21H,3,8-10H2,1-2H3,(H,20,22)/t11-,17+/m1/s1. The maximum absolute atomic E-state index is 12.8. The van der Waals surface area contributed by atoms with Crippen LogP contribution >= 0.6 is 11.3 Å². The minimum atomic E-state index is -0.247. The number of thiophene rings is 1. The minimum absolute atomic E-state index is 0.0344. The summed E-state index contributed by atoms with van der Waals surface area (Å²) in [5.41, 5.74) is 3.09. The predicted octanol–water partition coefficient (Wildman–Crippen LogP) is 4.13. The van der Waals surface area contributed by atoms with Crippen LogP contribution in [0.3, 0.4) is 0 Å². The minimum Gasteiger partial charge on any atom is -0.496 e. The van der Waals surface area contributed by atoms with E-state index < -0.39 is 0 Å². The molecule has 4 rings (SSSR count). The van der Waals surface area contributed by atoms with E-state index in [1.165, 1.54) is 23.3 Å². The second-order valence-corrected chi connectivity index (χ2v) is 7.62. The van der Waals surface area contributed by atoms with E-state index in [1.807, 2.05) is 24.3 Å². The first-order valence-corrected chi connectivity index (χ1v) is 9.37. The third kappa shape index (κ3) is 2.47. The fraction of sp³-hybridized carbons (Fsp3) is 0.421. The van der Waals surface area contributed by atoms with Crippen molar-refractivity contribution in [3.63, 3.8) is 0 Å². The molecule has 1 aromatic heterocycles. The molecule has 0 bridgehead atoms. The van der Waals surface area contributed by atoms with Gasteiger partial charge in [-0.15, -0.1) is 11.3 Å². The maximum atomic E-state index is 12.8. The molecule has 0 spiro atoms. The molecule has 2 aromatic rings. The molecule has 0 saturated heterocycles. The second-order valence-electron chi connectivity index (χ2n) is 6.52. The van der Waals surface area contributed by atoms with Gasteiger partial charge in [0.1, 0.15) is 16.9 Å². The molecule has 0 radical (unpaired) electrons. The van der Waals surface area contributed by atoms with E-state index >= 15 is 0 Å². The van der Waals surface area contributed by atoms with Gasteiger partial charge in [-0.05, 0) is 36.8 Å². The van der Waals surface area contributed by atoms with Gasteiger partial charge in [0.2, 0.25) is 0 Å². The van der Waals surface area contributed by atoms with Crippen molar-refractivity contribution in [2.24, 2.45) is 5.92 Å². The molecular formula is C19H22N2O2S. The van der Waals surface area contributed by atoms with Crippen molar-refractivity contribution >= 4 is 22.2 Å². The van der Waals surface area contributed by atoms with Crippen LogP contribution in [-0.4, -0.2) is 13.0 Å². The lowest BCUT2D eigenvalue weighted by Gasteiger charge is -2.28. The zero-order valence-corrected chi connectivity index (χ0v) is 14.8. The number of rotatable bonds is 3. The molecule has 5 heteroatoms. The normalized spacial score (nSPS) is 22.2. The molecule has 1 aliphatic carbocycles. The van der Waals surface area contributed by atoms with Crippen LogP contribution in [0, 0.1) is 5.92 Å². The summed E-state index contributed by atoms with van der Waals surface area (Å²) in [4.78, 5) is 14.2. The summed E-state index contributed by atoms with van der Waals surface area (Å²) < 4.78 is 5.44. The molecule has 0 unspecified atom stereocenters. The Balaban J connectivity index is 1.69. The fourth-order valence-corrected chi connectivity index (χ4v) is 5.16. The number of benzene rings is 1. The second kappa shape index (κ2) is 6.13. The van der Waals surface area contributed by atoms with E-state index in [9.17, 15) is 4.79 Å². The van der Waals surface area contributed by atoms with Crippen LogP contribution in [0.4, 0.5) is 5.00 Å². The van der Waals surface area contributed by atoms with Crippen molar-refractivity contribution < 1.29 is 9.53 Å². The van der Waals surface area contributed by atoms with Crippen molar-refractivity contribution in [1.82, 2.24) is 5.32 Å². The van der Waals surface area contributed by atoms with E-state index in [2.05, 4.69) is 17.6 Å². The number of hydrogen-bond acceptors (Lipinski definition) is 4. The summed E-state index contributed by atoms with van der Waals surface area (Å²) in [5, 5.41) is 7.63. The third-order valence-corrected chi connectivity index (χ3v) is 6.36. The molecule has 0 saturated carbocycles. The molecule has 4 nitrogen and oxygen atoms in total. The molecule has 1 aromatic carbocycles. The number of para-hydroxylation sites is 1. The van der Waals surface area contributed by atoms with Crippen molar-refractivity contribution in [1.29, 1.82) is 0 Å². The highest BCUT2D eigenvalue weighted by atomic mass is 32.1. The zero-order valence-electron chi connectivity index (χ0n) is 14.0. The van der Waals surface area contributed by atoms with Gasteiger partial charge in [0.05, 0.1) is 12.7 Å². The molecule has 1 amide bonds. The van der Waals surface area contributed by atoms with Gasteiger partial charge in [0.15, 0.2) is 0 Å². The first-order chi connectivity index (χ1) is 11.7. The van der Waals surface area contributed by atoms with Crippen LogP contribution in [0.1, 0.15) is 52.3 Å². The van der Waals surface area contributed by atoms with Gasteiger partial charge in [-0.2, -0.15) is 0 Å². The van der Waals surface area contributed by atoms with E-state index in [0.717, 1.165) is 40.6 Å². The van der Waals surface area contributed by atoms with Gasteiger partial charge in [-0.1, -0.05) is 31.5 Å². The number of methoxy groups -OCH3 is 1. The number of amides is 1. The summed E-state index contributed by atoms with van der Waals surface area (Å²) in [6.45, 7) is 2.26. The fourth-order valence-electron chi connectivity index (χ4n) is 3.78. The van der Waals surface area contributed by atoms with Crippen LogP contribution in [0.25, 0.3) is 0 Å². The Kier molecular flexibility index (Phi) is 3.96. The Hall–Kier alpha value is -2.01. The highest BCUT2D eigenvalue weighted by Crippen LogP contribution is 2.43. The van der Waals surface area contributed by atoms with E-state index in [1.54, 1.807) is 18.4 Å². The number of fused-ring (bicyclic) bond motifs is 3. The average molecular weight is 342 g/mol. The molecule has 126 valence electrons. The molecule has 24 heavy (non-hydrogen) atoms. The molecular weight excluding hydrogens is 320 g/mol. The Labute approximate surface area is 146 Å². The number of carbonyl (C=O) groups is 1. The summed E-state index contributed by atoms with van der Waals surface area (Å²) >= 11 is 1.76. The van der Waals surface area contributed by atoms with Crippen molar-refractivity contribution in [3.8, 4) is 5.75 Å². The van der Waals surface area contributed by atoms with Gasteiger partial charge in [-0.25, -0.2) is 0 Å². The Bertz CT molecular complexity index is 784. The SMILES string of the molecule is CC[C@@H]1CCc2c(sc3c2C(=O)N[C@H](c2ccccc2OC)N3)C1. The molecule has 2 aliphatic rings. The maximum Gasteiger partial charge on any atom is 0.256 e. The molecule has 0 fully saturated rings.